The molecule has 0 spiro atoms. The van der Waals surface area contributed by atoms with Gasteiger partial charge >= 0.3 is 37.2 Å². The Morgan fingerprint density at radius 3 is 2.82 bits per heavy atom. The van der Waals surface area contributed by atoms with Gasteiger partial charge in [0, 0.05) is 20.0 Å². The van der Waals surface area contributed by atoms with Crippen LogP contribution in [0.1, 0.15) is 15.3 Å². The monoisotopic (exact) mass is 309 g/mol. The van der Waals surface area contributed by atoms with Gasteiger partial charge in [-0.05, 0) is 6.92 Å². The third-order valence-corrected chi connectivity index (χ3v) is 3.42. The van der Waals surface area contributed by atoms with Crippen LogP contribution in [0.15, 0.2) is 11.6 Å². The van der Waals surface area contributed by atoms with E-state index in [2.05, 4.69) is 10.2 Å². The second-order valence-corrected chi connectivity index (χ2v) is 4.95. The second kappa shape index (κ2) is 7.13. The zero-order valence-electron chi connectivity index (χ0n) is 13.6. The average Bonchev–Trinajstić information content (AvgIpc) is 2.63. The molecule has 0 unspecified atom stereocenters. The number of hydrogen-bond acceptors (Lipinski definition) is 4. The third-order valence-electron chi connectivity index (χ3n) is 3.42. The molecule has 0 saturated carbocycles. The maximum absolute atomic E-state index is 13.1. The van der Waals surface area contributed by atoms with Gasteiger partial charge in [-0.15, -0.1) is 0 Å². The number of fused-ring (bicyclic) bond motifs is 2. The maximum atomic E-state index is 13.1. The smallest absolute Gasteiger partial charge is 1.00 e. The predicted molar refractivity (Wildman–Crippen MR) is 68.7 cm³/mol. The van der Waals surface area contributed by atoms with Gasteiger partial charge in [-0.1, -0.05) is 11.6 Å². The standard InChI is InChI=1S/C12H16FN3O5.Li.H/c1-6-3-8-5-15(9(6)4-14-7(2)17)12(20)16(8)21-10(13)11(18)19;;/h3,8-10H,4-5H2,1-2H3,(H,14,17)(H,18,19);;/q;+1;-1/t8-,9-,10-;;/m1../s1. The largest absolute Gasteiger partial charge is 1.00 e. The summed E-state index contributed by atoms with van der Waals surface area (Å²) >= 11 is 0. The Hall–Kier alpha value is -1.56. The summed E-state index contributed by atoms with van der Waals surface area (Å²) in [6.45, 7) is 3.65. The number of alkyl halides is 1. The SMILES string of the molecule is CC(=O)NC[C@@H]1C(C)=C[C@@H]2CN1C(=O)N2O[C@@H](F)C(=O)O.[H-].[Li+]. The molecule has 2 N–H and O–H groups in total. The molecular formula is C12H17FLiN3O5. The molecule has 0 aromatic heterocycles. The Labute approximate surface area is 139 Å². The van der Waals surface area contributed by atoms with Crippen molar-refractivity contribution in [1.29, 1.82) is 0 Å². The molecule has 10 heteroatoms. The van der Waals surface area contributed by atoms with Crippen molar-refractivity contribution in [1.82, 2.24) is 15.3 Å². The van der Waals surface area contributed by atoms with Crippen molar-refractivity contribution in [2.24, 2.45) is 0 Å². The van der Waals surface area contributed by atoms with Crippen molar-refractivity contribution in [3.63, 3.8) is 0 Å². The fourth-order valence-electron chi connectivity index (χ4n) is 2.44. The van der Waals surface area contributed by atoms with Crippen molar-refractivity contribution in [2.45, 2.75) is 32.3 Å². The van der Waals surface area contributed by atoms with E-state index in [0.717, 1.165) is 10.6 Å². The van der Waals surface area contributed by atoms with E-state index in [1.165, 1.54) is 11.8 Å². The number of aliphatic carboxylic acids is 1. The first-order valence-corrected chi connectivity index (χ1v) is 6.37. The summed E-state index contributed by atoms with van der Waals surface area (Å²) in [6, 6.07) is -1.51. The minimum absolute atomic E-state index is 0. The summed E-state index contributed by atoms with van der Waals surface area (Å²) in [7, 11) is 0. The number of carboxylic acid groups (broad SMARTS) is 1. The van der Waals surface area contributed by atoms with Crippen molar-refractivity contribution in [3.8, 4) is 0 Å². The Bertz CT molecular complexity index is 521. The topological polar surface area (TPSA) is 99.2 Å². The Morgan fingerprint density at radius 2 is 2.27 bits per heavy atom. The molecule has 3 atom stereocenters. The van der Waals surface area contributed by atoms with E-state index >= 15 is 0 Å². The van der Waals surface area contributed by atoms with Crippen molar-refractivity contribution < 1.29 is 49.0 Å². The molecule has 0 aromatic carbocycles. The normalized spacial score (nSPS) is 24.5. The molecule has 1 fully saturated rings. The van der Waals surface area contributed by atoms with E-state index in [0.29, 0.717) is 0 Å². The number of carboxylic acids is 1. The number of carbonyl (C=O) groups is 3. The molecule has 3 amide bonds. The first-order valence-electron chi connectivity index (χ1n) is 6.37. The van der Waals surface area contributed by atoms with Gasteiger partial charge in [0.25, 0.3) is 0 Å². The summed E-state index contributed by atoms with van der Waals surface area (Å²) in [5.74, 6) is -2.02. The molecule has 8 nitrogen and oxygen atoms in total. The predicted octanol–water partition coefficient (Wildman–Crippen LogP) is -3.01. The summed E-state index contributed by atoms with van der Waals surface area (Å²) in [4.78, 5) is 39.6. The van der Waals surface area contributed by atoms with Gasteiger partial charge in [0.05, 0.1) is 12.1 Å². The molecule has 0 radical (unpaired) electrons. The minimum atomic E-state index is -2.60. The van der Waals surface area contributed by atoms with Gasteiger partial charge < -0.3 is 16.7 Å². The maximum Gasteiger partial charge on any atom is 1.00 e. The number of carbonyl (C=O) groups excluding carboxylic acids is 2. The molecule has 22 heavy (non-hydrogen) atoms. The van der Waals surface area contributed by atoms with Crippen LogP contribution in [0.4, 0.5) is 9.18 Å². The molecule has 2 aliphatic heterocycles. The zero-order chi connectivity index (χ0) is 15.7. The zero-order valence-corrected chi connectivity index (χ0v) is 12.6. The number of rotatable bonds is 5. The Balaban J connectivity index is 0.00000242. The summed E-state index contributed by atoms with van der Waals surface area (Å²) < 4.78 is 13.1. The van der Waals surface area contributed by atoms with E-state index < -0.39 is 24.4 Å². The van der Waals surface area contributed by atoms with Gasteiger partial charge in [0.1, 0.15) is 0 Å². The van der Waals surface area contributed by atoms with E-state index in [-0.39, 0.29) is 45.3 Å². The molecular weight excluding hydrogens is 292 g/mol. The van der Waals surface area contributed by atoms with Gasteiger partial charge in [-0.25, -0.2) is 18.8 Å². The van der Waals surface area contributed by atoms with Crippen molar-refractivity contribution in [2.75, 3.05) is 13.1 Å². The van der Waals surface area contributed by atoms with Crippen LogP contribution in [-0.2, 0) is 14.4 Å². The molecule has 2 bridgehead atoms. The van der Waals surface area contributed by atoms with Crippen LogP contribution < -0.4 is 24.2 Å². The second-order valence-electron chi connectivity index (χ2n) is 4.95. The van der Waals surface area contributed by atoms with E-state index in [9.17, 15) is 18.8 Å². The van der Waals surface area contributed by atoms with Gasteiger partial charge in [-0.3, -0.25) is 4.79 Å². The van der Waals surface area contributed by atoms with Crippen molar-refractivity contribution >= 4 is 17.9 Å². The fourth-order valence-corrected chi connectivity index (χ4v) is 2.44. The minimum Gasteiger partial charge on any atom is -1.00 e. The number of urea groups is 1. The van der Waals surface area contributed by atoms with E-state index in [1.54, 1.807) is 13.0 Å². The van der Waals surface area contributed by atoms with Gasteiger partial charge in [0.2, 0.25) is 5.91 Å². The molecule has 0 aliphatic carbocycles. The van der Waals surface area contributed by atoms with Crippen LogP contribution in [0.2, 0.25) is 0 Å². The number of halogens is 1. The number of nitrogens with zero attached hydrogens (tertiary/aromatic N) is 2. The van der Waals surface area contributed by atoms with E-state index in [1.807, 2.05) is 0 Å². The molecule has 118 valence electrons. The molecule has 2 rings (SSSR count). The number of hydrogen-bond donors (Lipinski definition) is 2. The van der Waals surface area contributed by atoms with Crippen LogP contribution in [0.25, 0.3) is 0 Å². The van der Waals surface area contributed by atoms with Crippen LogP contribution >= 0.6 is 0 Å². The number of hydroxylamine groups is 2. The summed E-state index contributed by atoms with van der Waals surface area (Å²) in [5.41, 5.74) is 0.824. The fraction of sp³-hybridized carbons (Fsp3) is 0.583. The van der Waals surface area contributed by atoms with Crippen molar-refractivity contribution in [3.05, 3.63) is 11.6 Å². The van der Waals surface area contributed by atoms with Gasteiger partial charge in [-0.2, -0.15) is 5.06 Å². The average molecular weight is 309 g/mol. The number of amides is 3. The molecule has 2 heterocycles. The van der Waals surface area contributed by atoms with Crippen LogP contribution in [0.3, 0.4) is 0 Å². The first kappa shape index (κ1) is 18.5. The van der Waals surface area contributed by atoms with E-state index in [4.69, 9.17) is 5.11 Å². The first-order chi connectivity index (χ1) is 9.81. The van der Waals surface area contributed by atoms with Crippen LogP contribution in [0.5, 0.6) is 0 Å². The van der Waals surface area contributed by atoms with Crippen LogP contribution in [-0.4, -0.2) is 64.5 Å². The Morgan fingerprint density at radius 1 is 1.64 bits per heavy atom. The van der Waals surface area contributed by atoms with Crippen LogP contribution in [0, 0.1) is 0 Å². The summed E-state index contributed by atoms with van der Waals surface area (Å²) in [5, 5.41) is 11.9. The Kier molecular flexibility index (Phi) is 5.99. The summed E-state index contributed by atoms with van der Waals surface area (Å²) in [6.07, 6.45) is -0.889. The van der Waals surface area contributed by atoms with Gasteiger partial charge in [0.15, 0.2) is 0 Å². The number of nitrogens with one attached hydrogen (secondary N) is 1. The molecule has 0 aromatic rings. The third kappa shape index (κ3) is 3.60. The quantitative estimate of drug-likeness (QED) is 0.416. The molecule has 2 aliphatic rings. The molecule has 1 saturated heterocycles.